The van der Waals surface area contributed by atoms with Gasteiger partial charge < -0.3 is 19.7 Å². The largest absolute Gasteiger partial charge is 0.507 e. The summed E-state index contributed by atoms with van der Waals surface area (Å²) in [5.74, 6) is 0.907. The lowest BCUT2D eigenvalue weighted by Gasteiger charge is -2.21. The van der Waals surface area contributed by atoms with Gasteiger partial charge in [-0.25, -0.2) is 4.98 Å². The first kappa shape index (κ1) is 14.4. The fraction of sp³-hybridized carbons (Fsp3) is 0.400. The van der Waals surface area contributed by atoms with Crippen LogP contribution in [0.3, 0.4) is 0 Å². The molecule has 0 saturated carbocycles. The minimum Gasteiger partial charge on any atom is -0.507 e. The Labute approximate surface area is 119 Å². The smallest absolute Gasteiger partial charge is 0.124 e. The molecule has 0 bridgehead atoms. The number of benzene rings is 1. The van der Waals surface area contributed by atoms with E-state index in [9.17, 15) is 5.11 Å². The molecule has 1 aromatic carbocycles. The van der Waals surface area contributed by atoms with Crippen molar-refractivity contribution in [3.63, 3.8) is 0 Å². The molecule has 0 aliphatic rings. The average Bonchev–Trinajstić information content (AvgIpc) is 2.90. The maximum atomic E-state index is 10.0. The number of aromatic nitrogens is 2. The quantitative estimate of drug-likeness (QED) is 0.849. The van der Waals surface area contributed by atoms with Gasteiger partial charge in [-0.2, -0.15) is 0 Å². The zero-order valence-electron chi connectivity index (χ0n) is 12.1. The second-order valence-electron chi connectivity index (χ2n) is 4.97. The molecular weight excluding hydrogens is 254 g/mol. The summed E-state index contributed by atoms with van der Waals surface area (Å²) in [5.41, 5.74) is 0.864. The number of rotatable bonds is 6. The normalized spacial score (nSPS) is 13.9. The van der Waals surface area contributed by atoms with Crippen LogP contribution in [0, 0.1) is 0 Å². The van der Waals surface area contributed by atoms with Crippen molar-refractivity contribution in [2.45, 2.75) is 32.5 Å². The van der Waals surface area contributed by atoms with Crippen LogP contribution in [0.5, 0.6) is 11.5 Å². The molecule has 5 heteroatoms. The number of nitrogens with zero attached hydrogens (tertiary/aromatic N) is 2. The third-order valence-corrected chi connectivity index (χ3v) is 3.28. The van der Waals surface area contributed by atoms with Gasteiger partial charge in [0.15, 0.2) is 0 Å². The Bertz CT molecular complexity index is 540. The van der Waals surface area contributed by atoms with E-state index < -0.39 is 0 Å². The molecule has 0 spiro atoms. The summed E-state index contributed by atoms with van der Waals surface area (Å²) in [6, 6.07) is 5.69. The number of phenols is 1. The Balaban J connectivity index is 1.98. The lowest BCUT2D eigenvalue weighted by atomic mass is 10.1. The van der Waals surface area contributed by atoms with E-state index in [4.69, 9.17) is 4.74 Å². The molecule has 1 aromatic heterocycles. The van der Waals surface area contributed by atoms with Gasteiger partial charge in [-0.1, -0.05) is 6.07 Å². The van der Waals surface area contributed by atoms with Crippen molar-refractivity contribution in [2.75, 3.05) is 7.11 Å². The predicted molar refractivity (Wildman–Crippen MR) is 77.9 cm³/mol. The molecule has 0 aliphatic carbocycles. The standard InChI is InChI=1S/C15H21N3O2/c1-11(9-18-7-6-16-10-18)17-12(2)14-5-4-13(20-3)8-15(14)19/h4-8,10-12,17,19H,9H2,1-3H3. The van der Waals surface area contributed by atoms with Crippen LogP contribution in [0.25, 0.3) is 0 Å². The summed E-state index contributed by atoms with van der Waals surface area (Å²) < 4.78 is 7.12. The molecule has 0 saturated heterocycles. The van der Waals surface area contributed by atoms with Crippen molar-refractivity contribution < 1.29 is 9.84 Å². The van der Waals surface area contributed by atoms with Crippen molar-refractivity contribution in [1.29, 1.82) is 0 Å². The molecule has 20 heavy (non-hydrogen) atoms. The maximum absolute atomic E-state index is 10.0. The highest BCUT2D eigenvalue weighted by Gasteiger charge is 2.14. The molecule has 0 radical (unpaired) electrons. The number of ether oxygens (including phenoxy) is 1. The van der Waals surface area contributed by atoms with E-state index in [1.54, 1.807) is 25.7 Å². The molecule has 2 unspecified atom stereocenters. The summed E-state index contributed by atoms with van der Waals surface area (Å²) >= 11 is 0. The lowest BCUT2D eigenvalue weighted by Crippen LogP contribution is -2.32. The van der Waals surface area contributed by atoms with Gasteiger partial charge in [-0.05, 0) is 19.9 Å². The number of hydrogen-bond donors (Lipinski definition) is 2. The Morgan fingerprint density at radius 2 is 2.20 bits per heavy atom. The van der Waals surface area contributed by atoms with Gasteiger partial charge in [0.1, 0.15) is 11.5 Å². The summed E-state index contributed by atoms with van der Waals surface area (Å²) in [7, 11) is 1.59. The highest BCUT2D eigenvalue weighted by Crippen LogP contribution is 2.28. The van der Waals surface area contributed by atoms with Crippen LogP contribution >= 0.6 is 0 Å². The lowest BCUT2D eigenvalue weighted by molar-refractivity contribution is 0.396. The first-order valence-corrected chi connectivity index (χ1v) is 6.69. The number of methoxy groups -OCH3 is 1. The molecule has 5 nitrogen and oxygen atoms in total. The van der Waals surface area contributed by atoms with E-state index in [1.165, 1.54) is 0 Å². The molecule has 2 atom stereocenters. The second-order valence-corrected chi connectivity index (χ2v) is 4.97. The van der Waals surface area contributed by atoms with Gasteiger partial charge in [0, 0.05) is 42.7 Å². The molecular formula is C15H21N3O2. The number of imidazole rings is 1. The van der Waals surface area contributed by atoms with Crippen molar-refractivity contribution in [3.05, 3.63) is 42.5 Å². The van der Waals surface area contributed by atoms with Crippen LogP contribution in [-0.4, -0.2) is 27.8 Å². The molecule has 0 amide bonds. The van der Waals surface area contributed by atoms with Crippen molar-refractivity contribution >= 4 is 0 Å². The SMILES string of the molecule is COc1ccc(C(C)NC(C)Cn2ccnc2)c(O)c1. The van der Waals surface area contributed by atoms with Crippen molar-refractivity contribution in [2.24, 2.45) is 0 Å². The van der Waals surface area contributed by atoms with Crippen LogP contribution < -0.4 is 10.1 Å². The van der Waals surface area contributed by atoms with Crippen LogP contribution in [-0.2, 0) is 6.54 Å². The number of aromatic hydroxyl groups is 1. The Kier molecular flexibility index (Phi) is 4.63. The van der Waals surface area contributed by atoms with Gasteiger partial charge in [0.05, 0.1) is 13.4 Å². The van der Waals surface area contributed by atoms with E-state index in [-0.39, 0.29) is 17.8 Å². The van der Waals surface area contributed by atoms with Gasteiger partial charge in [0.2, 0.25) is 0 Å². The second kappa shape index (κ2) is 6.43. The molecule has 0 aliphatic heterocycles. The first-order valence-electron chi connectivity index (χ1n) is 6.69. The Morgan fingerprint density at radius 1 is 1.40 bits per heavy atom. The van der Waals surface area contributed by atoms with Crippen LogP contribution in [0.15, 0.2) is 36.9 Å². The van der Waals surface area contributed by atoms with E-state index in [0.717, 1.165) is 12.1 Å². The molecule has 2 rings (SSSR count). The van der Waals surface area contributed by atoms with Gasteiger partial charge in [0.25, 0.3) is 0 Å². The third kappa shape index (κ3) is 3.51. The molecule has 2 N–H and O–H groups in total. The maximum Gasteiger partial charge on any atom is 0.124 e. The van der Waals surface area contributed by atoms with Crippen LogP contribution in [0.2, 0.25) is 0 Å². The highest BCUT2D eigenvalue weighted by molar-refractivity contribution is 5.41. The Hall–Kier alpha value is -2.01. The van der Waals surface area contributed by atoms with Gasteiger partial charge in [-0.3, -0.25) is 0 Å². The van der Waals surface area contributed by atoms with E-state index >= 15 is 0 Å². The van der Waals surface area contributed by atoms with Crippen molar-refractivity contribution in [3.8, 4) is 11.5 Å². The van der Waals surface area contributed by atoms with Crippen molar-refractivity contribution in [1.82, 2.24) is 14.9 Å². The topological polar surface area (TPSA) is 59.3 Å². The Morgan fingerprint density at radius 3 is 2.80 bits per heavy atom. The third-order valence-electron chi connectivity index (χ3n) is 3.28. The monoisotopic (exact) mass is 275 g/mol. The minimum atomic E-state index is 0.0550. The summed E-state index contributed by atoms with van der Waals surface area (Å²) in [6.07, 6.45) is 5.51. The van der Waals surface area contributed by atoms with E-state index in [1.807, 2.05) is 29.8 Å². The molecule has 1 heterocycles. The van der Waals surface area contributed by atoms with E-state index in [2.05, 4.69) is 17.2 Å². The predicted octanol–water partition coefficient (Wildman–Crippen LogP) is 2.34. The zero-order valence-corrected chi connectivity index (χ0v) is 12.1. The van der Waals surface area contributed by atoms with Crippen LogP contribution in [0.1, 0.15) is 25.5 Å². The van der Waals surface area contributed by atoms with Gasteiger partial charge in [-0.15, -0.1) is 0 Å². The fourth-order valence-electron chi connectivity index (χ4n) is 2.30. The van der Waals surface area contributed by atoms with Gasteiger partial charge >= 0.3 is 0 Å². The zero-order chi connectivity index (χ0) is 14.5. The highest BCUT2D eigenvalue weighted by atomic mass is 16.5. The fourth-order valence-corrected chi connectivity index (χ4v) is 2.30. The number of phenolic OH excluding ortho intramolecular Hbond substituents is 1. The number of nitrogens with one attached hydrogen (secondary N) is 1. The molecule has 0 fully saturated rings. The van der Waals surface area contributed by atoms with Crippen LogP contribution in [0.4, 0.5) is 0 Å². The summed E-state index contributed by atoms with van der Waals surface area (Å²) in [6.45, 7) is 4.98. The summed E-state index contributed by atoms with van der Waals surface area (Å²) in [4.78, 5) is 4.03. The molecule has 108 valence electrons. The first-order chi connectivity index (χ1) is 9.60. The van der Waals surface area contributed by atoms with E-state index in [0.29, 0.717) is 5.75 Å². The summed E-state index contributed by atoms with van der Waals surface area (Å²) in [5, 5.41) is 13.5. The minimum absolute atomic E-state index is 0.0550. The average molecular weight is 275 g/mol. The number of hydrogen-bond acceptors (Lipinski definition) is 4. The molecule has 2 aromatic rings.